The Kier molecular flexibility index (Phi) is 5.23. The van der Waals surface area contributed by atoms with Gasteiger partial charge < -0.3 is 4.81 Å². The number of fused-ring (bicyclic) bond motifs is 5. The molecule has 0 unspecified atom stereocenters. The van der Waals surface area contributed by atoms with Crippen LogP contribution in [0.15, 0.2) is 36.4 Å². The molecule has 0 bridgehead atoms. The highest BCUT2D eigenvalue weighted by Gasteiger charge is 2.49. The van der Waals surface area contributed by atoms with Gasteiger partial charge in [-0.1, -0.05) is 58.0 Å². The summed E-state index contributed by atoms with van der Waals surface area (Å²) in [5.74, 6) is 2.36. The monoisotopic (exact) mass is 426 g/mol. The molecule has 1 aliphatic heterocycles. The molecule has 0 N–H and O–H groups in total. The summed E-state index contributed by atoms with van der Waals surface area (Å²) >= 11 is 0. The third kappa shape index (κ3) is 2.98. The second kappa shape index (κ2) is 7.83. The van der Waals surface area contributed by atoms with E-state index in [0.29, 0.717) is 11.8 Å². The zero-order valence-electron chi connectivity index (χ0n) is 20.9. The van der Waals surface area contributed by atoms with Crippen molar-refractivity contribution in [2.24, 2.45) is 7.05 Å². The summed E-state index contributed by atoms with van der Waals surface area (Å²) in [6.07, 6.45) is 4.95. The van der Waals surface area contributed by atoms with Crippen molar-refractivity contribution in [3.8, 4) is 11.4 Å². The Morgan fingerprint density at radius 1 is 0.875 bits per heavy atom. The Bertz CT molecular complexity index is 1160. The zero-order valence-corrected chi connectivity index (χ0v) is 20.9. The van der Waals surface area contributed by atoms with Crippen molar-refractivity contribution >= 4 is 18.1 Å². The van der Waals surface area contributed by atoms with Crippen LogP contribution in [0.4, 0.5) is 5.69 Å². The minimum absolute atomic E-state index is 0.184. The molecule has 0 amide bonds. The van der Waals surface area contributed by atoms with Crippen LogP contribution in [0, 0.1) is 6.92 Å². The first-order chi connectivity index (χ1) is 15.3. The number of anilines is 1. The summed E-state index contributed by atoms with van der Waals surface area (Å²) < 4.78 is 5.24. The highest BCUT2D eigenvalue weighted by molar-refractivity contribution is 6.71. The molecule has 0 saturated heterocycles. The third-order valence-corrected chi connectivity index (χ3v) is 7.79. The molecule has 166 valence electrons. The second-order valence-electron chi connectivity index (χ2n) is 10.5. The van der Waals surface area contributed by atoms with Crippen LogP contribution in [0.1, 0.15) is 80.5 Å². The van der Waals surface area contributed by atoms with E-state index in [1.54, 1.807) is 5.69 Å². The van der Waals surface area contributed by atoms with Crippen LogP contribution in [0.3, 0.4) is 0 Å². The molecular weight excluding hydrogens is 389 g/mol. The lowest BCUT2D eigenvalue weighted by Crippen LogP contribution is -2.72. The number of nitrogens with zero attached hydrogens (tertiary/aromatic N) is 3. The predicted octanol–water partition coefficient (Wildman–Crippen LogP) is 5.11. The molecule has 32 heavy (non-hydrogen) atoms. The largest absolute Gasteiger partial charge is 0.537 e. The van der Waals surface area contributed by atoms with Gasteiger partial charge in [0.15, 0.2) is 0 Å². The van der Waals surface area contributed by atoms with E-state index in [1.165, 1.54) is 70.6 Å². The Balaban J connectivity index is 1.90. The molecule has 2 aromatic carbocycles. The minimum Gasteiger partial charge on any atom is -0.372 e. The van der Waals surface area contributed by atoms with E-state index in [0.717, 1.165) is 0 Å². The van der Waals surface area contributed by atoms with E-state index in [1.807, 2.05) is 0 Å². The van der Waals surface area contributed by atoms with Gasteiger partial charge in [0.05, 0.1) is 12.6 Å². The number of benzene rings is 2. The van der Waals surface area contributed by atoms with Crippen molar-refractivity contribution in [2.75, 3.05) is 11.9 Å². The maximum atomic E-state index is 2.72. The third-order valence-electron chi connectivity index (χ3n) is 7.79. The fourth-order valence-electron chi connectivity index (χ4n) is 6.23. The average molecular weight is 426 g/mol. The molecule has 1 aromatic heterocycles. The Morgan fingerprint density at radius 2 is 1.50 bits per heavy atom. The number of hydrogen-bond acceptors (Lipinski definition) is 1. The molecule has 3 aromatic rings. The summed E-state index contributed by atoms with van der Waals surface area (Å²) in [6.45, 7) is 11.8. The van der Waals surface area contributed by atoms with Gasteiger partial charge in [-0.25, -0.2) is 4.57 Å². The summed E-state index contributed by atoms with van der Waals surface area (Å²) in [6, 6.07) is 13.8. The van der Waals surface area contributed by atoms with Crippen molar-refractivity contribution in [3.63, 3.8) is 0 Å². The van der Waals surface area contributed by atoms with Gasteiger partial charge in [0, 0.05) is 24.0 Å². The Hall–Kier alpha value is -2.49. The molecule has 0 spiro atoms. The van der Waals surface area contributed by atoms with Gasteiger partial charge in [-0.15, -0.1) is 0 Å². The lowest BCUT2D eigenvalue weighted by Gasteiger charge is -2.34. The number of hydrogen-bond donors (Lipinski definition) is 0. The van der Waals surface area contributed by atoms with Crippen LogP contribution < -0.4 is 14.8 Å². The number of imidazole rings is 1. The minimum atomic E-state index is 0.184. The lowest BCUT2D eigenvalue weighted by atomic mass is 9.57. The molecule has 3 nitrogen and oxygen atoms in total. The summed E-state index contributed by atoms with van der Waals surface area (Å²) in [5.41, 5.74) is 11.7. The second-order valence-corrected chi connectivity index (χ2v) is 10.5. The van der Waals surface area contributed by atoms with Crippen molar-refractivity contribution in [2.45, 2.75) is 72.1 Å². The topological polar surface area (TPSA) is 12.0 Å². The smallest absolute Gasteiger partial charge is 0.372 e. The maximum absolute atomic E-state index is 2.72. The first-order valence-corrected chi connectivity index (χ1v) is 12.4. The molecule has 0 saturated carbocycles. The molecule has 0 radical (unpaired) electrons. The fraction of sp³-hybridized carbons (Fsp3) is 0.464. The summed E-state index contributed by atoms with van der Waals surface area (Å²) in [7, 11) is 4.61. The molecule has 0 atom stereocenters. The van der Waals surface area contributed by atoms with Crippen molar-refractivity contribution in [1.82, 2.24) is 4.57 Å². The Labute approximate surface area is 194 Å². The van der Waals surface area contributed by atoms with E-state index in [9.17, 15) is 0 Å². The van der Waals surface area contributed by atoms with Crippen LogP contribution in [0.2, 0.25) is 0 Å². The van der Waals surface area contributed by atoms with Gasteiger partial charge >= 0.3 is 6.98 Å². The molecule has 0 fully saturated rings. The highest BCUT2D eigenvalue weighted by Crippen LogP contribution is 2.38. The van der Waals surface area contributed by atoms with Gasteiger partial charge in [-0.05, 0) is 61.4 Å². The van der Waals surface area contributed by atoms with E-state index in [2.05, 4.69) is 99.0 Å². The maximum Gasteiger partial charge on any atom is 0.537 e. The van der Waals surface area contributed by atoms with Gasteiger partial charge in [-0.3, -0.25) is 4.48 Å². The molecular formula is C28H37BN3+. The first kappa shape index (κ1) is 21.4. The number of aromatic nitrogens is 2. The SMILES string of the molecule is Cc1cccc2c1-c1n(C)c3c([n+]1B(c1c(C(C)C)cccc1C(C)C)N2C)CCCC3. The van der Waals surface area contributed by atoms with E-state index in [4.69, 9.17) is 0 Å². The van der Waals surface area contributed by atoms with Crippen LogP contribution in [-0.2, 0) is 19.9 Å². The quantitative estimate of drug-likeness (QED) is 0.531. The van der Waals surface area contributed by atoms with E-state index in [-0.39, 0.29) is 6.98 Å². The fourth-order valence-corrected chi connectivity index (χ4v) is 6.23. The van der Waals surface area contributed by atoms with Gasteiger partial charge in [0.25, 0.3) is 5.82 Å². The Morgan fingerprint density at radius 3 is 2.16 bits per heavy atom. The summed E-state index contributed by atoms with van der Waals surface area (Å²) in [5, 5.41) is 0. The molecule has 2 heterocycles. The molecule has 4 heteroatoms. The van der Waals surface area contributed by atoms with E-state index < -0.39 is 0 Å². The van der Waals surface area contributed by atoms with Crippen molar-refractivity contribution in [1.29, 1.82) is 0 Å². The van der Waals surface area contributed by atoms with E-state index >= 15 is 0 Å². The van der Waals surface area contributed by atoms with Crippen molar-refractivity contribution in [3.05, 3.63) is 64.5 Å². The predicted molar refractivity (Wildman–Crippen MR) is 136 cm³/mol. The normalized spacial score (nSPS) is 15.3. The standard InChI is InChI=1S/C28H37BN3/c1-18(2)21-13-11-14-22(19(3)4)27(21)29-31(7)25-17-10-12-20(5)26(25)28-30(6)23-15-8-9-16-24(23)32(28)29/h10-14,17-19H,8-9,15-16H2,1-7H3/q+1. The summed E-state index contributed by atoms with van der Waals surface area (Å²) in [4.78, 5) is 2.55. The average Bonchev–Trinajstić information content (AvgIpc) is 3.06. The zero-order chi connectivity index (χ0) is 22.7. The van der Waals surface area contributed by atoms with Crippen LogP contribution in [0.5, 0.6) is 0 Å². The van der Waals surface area contributed by atoms with Gasteiger partial charge in [-0.2, -0.15) is 0 Å². The molecule has 1 aliphatic carbocycles. The molecule has 2 aliphatic rings. The number of aryl methyl sites for hydroxylation is 1. The van der Waals surface area contributed by atoms with Gasteiger partial charge in [0.2, 0.25) is 0 Å². The van der Waals surface area contributed by atoms with Gasteiger partial charge in [0.1, 0.15) is 11.4 Å². The van der Waals surface area contributed by atoms with Crippen LogP contribution >= 0.6 is 0 Å². The lowest BCUT2D eigenvalue weighted by molar-refractivity contribution is -0.534. The molecule has 5 rings (SSSR count). The number of rotatable bonds is 3. The highest BCUT2D eigenvalue weighted by atomic mass is 15.2. The van der Waals surface area contributed by atoms with Crippen molar-refractivity contribution < 1.29 is 4.48 Å². The van der Waals surface area contributed by atoms with Crippen LogP contribution in [-0.4, -0.2) is 18.6 Å². The first-order valence-electron chi connectivity index (χ1n) is 12.4. The van der Waals surface area contributed by atoms with Crippen LogP contribution in [0.25, 0.3) is 11.4 Å².